The smallest absolute Gasteiger partial charge is 0.235 e. The number of likely N-dealkylation sites (tertiary alicyclic amines) is 1. The van der Waals surface area contributed by atoms with Crippen LogP contribution in [0.25, 0.3) is 0 Å². The molecule has 0 unspecified atom stereocenters. The molecule has 0 spiro atoms. The molecule has 19 heavy (non-hydrogen) atoms. The van der Waals surface area contributed by atoms with Gasteiger partial charge in [0.05, 0.1) is 17.6 Å². The SMILES string of the molecule is CC1(C)CC(=O)N(CCOc2ccccc2N)C1=O. The van der Waals surface area contributed by atoms with Crippen LogP contribution < -0.4 is 10.5 Å². The summed E-state index contributed by atoms with van der Waals surface area (Å²) in [6, 6.07) is 7.14. The minimum absolute atomic E-state index is 0.137. The largest absolute Gasteiger partial charge is 0.490 e. The van der Waals surface area contributed by atoms with Crippen molar-refractivity contribution in [2.75, 3.05) is 18.9 Å². The molecule has 0 bridgehead atoms. The van der Waals surface area contributed by atoms with E-state index in [1.165, 1.54) is 4.90 Å². The first-order chi connectivity index (χ1) is 8.92. The highest BCUT2D eigenvalue weighted by atomic mass is 16.5. The van der Waals surface area contributed by atoms with Gasteiger partial charge >= 0.3 is 0 Å². The van der Waals surface area contributed by atoms with Gasteiger partial charge in [0, 0.05) is 6.42 Å². The number of carbonyl (C=O) groups is 2. The van der Waals surface area contributed by atoms with Gasteiger partial charge < -0.3 is 10.5 Å². The second-order valence-electron chi connectivity index (χ2n) is 5.30. The average Bonchev–Trinajstić information content (AvgIpc) is 2.53. The number of amides is 2. The van der Waals surface area contributed by atoms with Gasteiger partial charge in [-0.2, -0.15) is 0 Å². The molecule has 0 saturated carbocycles. The zero-order valence-electron chi connectivity index (χ0n) is 11.2. The van der Waals surface area contributed by atoms with Crippen molar-refractivity contribution in [3.05, 3.63) is 24.3 Å². The number of anilines is 1. The highest BCUT2D eigenvalue weighted by Gasteiger charge is 2.44. The predicted octanol–water partition coefficient (Wildman–Crippen LogP) is 1.43. The summed E-state index contributed by atoms with van der Waals surface area (Å²) in [6.07, 6.45) is 0.263. The van der Waals surface area contributed by atoms with Crippen molar-refractivity contribution in [2.45, 2.75) is 20.3 Å². The lowest BCUT2D eigenvalue weighted by molar-refractivity contribution is -0.141. The molecule has 1 fully saturated rings. The van der Waals surface area contributed by atoms with E-state index in [-0.39, 0.29) is 31.4 Å². The highest BCUT2D eigenvalue weighted by molar-refractivity contribution is 6.05. The maximum atomic E-state index is 12.0. The number of hydrogen-bond acceptors (Lipinski definition) is 4. The first-order valence-electron chi connectivity index (χ1n) is 6.24. The Kier molecular flexibility index (Phi) is 3.46. The summed E-state index contributed by atoms with van der Waals surface area (Å²) in [5, 5.41) is 0. The molecule has 2 amide bonds. The predicted molar refractivity (Wildman–Crippen MR) is 71.5 cm³/mol. The van der Waals surface area contributed by atoms with Crippen molar-refractivity contribution in [3.63, 3.8) is 0 Å². The van der Waals surface area contributed by atoms with E-state index in [2.05, 4.69) is 0 Å². The second-order valence-corrected chi connectivity index (χ2v) is 5.30. The molecule has 1 saturated heterocycles. The van der Waals surface area contributed by atoms with E-state index in [1.54, 1.807) is 26.0 Å². The van der Waals surface area contributed by atoms with Crippen molar-refractivity contribution >= 4 is 17.5 Å². The molecule has 0 atom stereocenters. The molecule has 5 nitrogen and oxygen atoms in total. The number of ether oxygens (including phenoxy) is 1. The van der Waals surface area contributed by atoms with Crippen LogP contribution in [0.3, 0.4) is 0 Å². The number of nitrogens with two attached hydrogens (primary N) is 1. The van der Waals surface area contributed by atoms with E-state index >= 15 is 0 Å². The van der Waals surface area contributed by atoms with Crippen LogP contribution >= 0.6 is 0 Å². The molecule has 102 valence electrons. The Morgan fingerprint density at radius 2 is 2.00 bits per heavy atom. The number of nitrogens with zero attached hydrogens (tertiary/aromatic N) is 1. The molecular weight excluding hydrogens is 244 g/mol. The van der Waals surface area contributed by atoms with Crippen LogP contribution in [-0.4, -0.2) is 29.9 Å². The van der Waals surface area contributed by atoms with Crippen molar-refractivity contribution in [1.82, 2.24) is 4.90 Å². The summed E-state index contributed by atoms with van der Waals surface area (Å²) < 4.78 is 5.49. The van der Waals surface area contributed by atoms with Gasteiger partial charge in [0.1, 0.15) is 12.4 Å². The molecular formula is C14H18N2O3. The lowest BCUT2D eigenvalue weighted by atomic mass is 9.92. The number of hydrogen-bond donors (Lipinski definition) is 1. The molecule has 5 heteroatoms. The van der Waals surface area contributed by atoms with Crippen LogP contribution in [0.1, 0.15) is 20.3 Å². The van der Waals surface area contributed by atoms with Gasteiger partial charge in [-0.05, 0) is 12.1 Å². The second kappa shape index (κ2) is 4.91. The number of benzene rings is 1. The molecule has 1 heterocycles. The summed E-state index contributed by atoms with van der Waals surface area (Å²) in [5.41, 5.74) is 5.69. The lowest BCUT2D eigenvalue weighted by Crippen LogP contribution is -2.36. The Balaban J connectivity index is 1.92. The Morgan fingerprint density at radius 3 is 2.58 bits per heavy atom. The topological polar surface area (TPSA) is 72.6 Å². The molecule has 2 rings (SSSR count). The van der Waals surface area contributed by atoms with Crippen molar-refractivity contribution in [3.8, 4) is 5.75 Å². The van der Waals surface area contributed by atoms with E-state index < -0.39 is 5.41 Å². The molecule has 0 aliphatic carbocycles. The standard InChI is InChI=1S/C14H18N2O3/c1-14(2)9-12(17)16(13(14)18)7-8-19-11-6-4-3-5-10(11)15/h3-6H,7-9,15H2,1-2H3. The molecule has 0 radical (unpaired) electrons. The third-order valence-electron chi connectivity index (χ3n) is 3.21. The minimum atomic E-state index is -0.594. The fraction of sp³-hybridized carbons (Fsp3) is 0.429. The Labute approximate surface area is 112 Å². The van der Waals surface area contributed by atoms with Crippen molar-refractivity contribution < 1.29 is 14.3 Å². The summed E-state index contributed by atoms with van der Waals surface area (Å²) in [4.78, 5) is 25.0. The van der Waals surface area contributed by atoms with Gasteiger partial charge in [0.2, 0.25) is 11.8 Å². The van der Waals surface area contributed by atoms with Crippen molar-refractivity contribution in [1.29, 1.82) is 0 Å². The highest BCUT2D eigenvalue weighted by Crippen LogP contribution is 2.31. The minimum Gasteiger partial charge on any atom is -0.490 e. The number of nitrogen functional groups attached to an aromatic ring is 1. The number of carbonyl (C=O) groups excluding carboxylic acids is 2. The summed E-state index contributed by atoms with van der Waals surface area (Å²) in [5.74, 6) is 0.294. The van der Waals surface area contributed by atoms with E-state index in [4.69, 9.17) is 10.5 Å². The maximum Gasteiger partial charge on any atom is 0.235 e. The zero-order chi connectivity index (χ0) is 14.0. The molecule has 1 aliphatic heterocycles. The molecule has 1 aromatic carbocycles. The Bertz CT molecular complexity index is 511. The van der Waals surface area contributed by atoms with E-state index in [9.17, 15) is 9.59 Å². The van der Waals surface area contributed by atoms with Crippen LogP contribution in [0.5, 0.6) is 5.75 Å². The third kappa shape index (κ3) is 2.70. The number of rotatable bonds is 4. The van der Waals surface area contributed by atoms with Gasteiger partial charge in [-0.15, -0.1) is 0 Å². The van der Waals surface area contributed by atoms with Crippen LogP contribution in [0, 0.1) is 5.41 Å². The van der Waals surface area contributed by atoms with Crippen molar-refractivity contribution in [2.24, 2.45) is 5.41 Å². The maximum absolute atomic E-state index is 12.0. The Hall–Kier alpha value is -2.04. The first kappa shape index (κ1) is 13.4. The molecule has 2 N–H and O–H groups in total. The van der Waals surface area contributed by atoms with Gasteiger partial charge in [-0.1, -0.05) is 26.0 Å². The third-order valence-corrected chi connectivity index (χ3v) is 3.21. The number of para-hydroxylation sites is 2. The van der Waals surface area contributed by atoms with Gasteiger partial charge in [-0.25, -0.2) is 0 Å². The fourth-order valence-electron chi connectivity index (χ4n) is 2.11. The van der Waals surface area contributed by atoms with E-state index in [1.807, 2.05) is 12.1 Å². The zero-order valence-corrected chi connectivity index (χ0v) is 11.2. The van der Waals surface area contributed by atoms with Crippen LogP contribution in [0.2, 0.25) is 0 Å². The van der Waals surface area contributed by atoms with E-state index in [0.717, 1.165) is 0 Å². The van der Waals surface area contributed by atoms with Crippen LogP contribution in [-0.2, 0) is 9.59 Å². The quantitative estimate of drug-likeness (QED) is 0.658. The van der Waals surface area contributed by atoms with Crippen LogP contribution in [0.4, 0.5) is 5.69 Å². The Morgan fingerprint density at radius 1 is 1.32 bits per heavy atom. The van der Waals surface area contributed by atoms with Gasteiger partial charge in [-0.3, -0.25) is 14.5 Å². The number of imide groups is 1. The van der Waals surface area contributed by atoms with Gasteiger partial charge in [0.15, 0.2) is 0 Å². The monoisotopic (exact) mass is 262 g/mol. The summed E-state index contributed by atoms with van der Waals surface area (Å²) >= 11 is 0. The van der Waals surface area contributed by atoms with E-state index in [0.29, 0.717) is 11.4 Å². The van der Waals surface area contributed by atoms with Crippen LogP contribution in [0.15, 0.2) is 24.3 Å². The van der Waals surface area contributed by atoms with Gasteiger partial charge in [0.25, 0.3) is 0 Å². The average molecular weight is 262 g/mol. The summed E-state index contributed by atoms with van der Waals surface area (Å²) in [6.45, 7) is 4.07. The summed E-state index contributed by atoms with van der Waals surface area (Å²) in [7, 11) is 0. The first-order valence-corrected chi connectivity index (χ1v) is 6.24. The molecule has 1 aromatic rings. The fourth-order valence-corrected chi connectivity index (χ4v) is 2.11. The molecule has 0 aromatic heterocycles. The normalized spacial score (nSPS) is 17.9. The molecule has 1 aliphatic rings. The lowest BCUT2D eigenvalue weighted by Gasteiger charge is -2.18.